The van der Waals surface area contributed by atoms with Gasteiger partial charge in [0.05, 0.1) is 12.0 Å². The van der Waals surface area contributed by atoms with Crippen molar-refractivity contribution in [1.82, 2.24) is 4.98 Å². The highest BCUT2D eigenvalue weighted by Crippen LogP contribution is 2.25. The number of halogens is 1. The van der Waals surface area contributed by atoms with Gasteiger partial charge in [0.15, 0.2) is 0 Å². The first-order chi connectivity index (χ1) is 10.3. The lowest BCUT2D eigenvalue weighted by Gasteiger charge is -2.10. The molecule has 0 aliphatic rings. The molecule has 0 bridgehead atoms. The molecular formula is C17H17ClN2O. The smallest absolute Gasteiger partial charge is 0.0847 e. The molecule has 0 aliphatic carbocycles. The Labute approximate surface area is 128 Å². The third-order valence-electron chi connectivity index (χ3n) is 3.42. The summed E-state index contributed by atoms with van der Waals surface area (Å²) in [6.07, 6.45) is -0.539. The quantitative estimate of drug-likeness (QED) is 0.627. The Hall–Kier alpha value is -1.97. The van der Waals surface area contributed by atoms with E-state index >= 15 is 0 Å². The second-order valence-electron chi connectivity index (χ2n) is 5.04. The van der Waals surface area contributed by atoms with Crippen molar-refractivity contribution in [3.05, 3.63) is 54.6 Å². The number of aliphatic hydroxyl groups excluding tert-OH is 1. The van der Waals surface area contributed by atoms with E-state index in [1.807, 2.05) is 24.3 Å². The average Bonchev–Trinajstić information content (AvgIpc) is 2.97. The number of benzene rings is 2. The van der Waals surface area contributed by atoms with Crippen LogP contribution >= 0.6 is 11.6 Å². The van der Waals surface area contributed by atoms with E-state index in [1.165, 1.54) is 5.39 Å². The summed E-state index contributed by atoms with van der Waals surface area (Å²) in [7, 11) is 0. The van der Waals surface area contributed by atoms with Gasteiger partial charge in [0, 0.05) is 28.8 Å². The number of aromatic nitrogens is 1. The summed E-state index contributed by atoms with van der Waals surface area (Å²) in [5.74, 6) is 0.231. The number of para-hydroxylation sites is 1. The Morgan fingerprint density at radius 2 is 1.95 bits per heavy atom. The summed E-state index contributed by atoms with van der Waals surface area (Å²) in [6, 6.07) is 18.5. The molecule has 0 fully saturated rings. The van der Waals surface area contributed by atoms with Gasteiger partial charge in [0.2, 0.25) is 0 Å². The predicted octanol–water partition coefficient (Wildman–Crippen LogP) is 3.85. The zero-order valence-corrected chi connectivity index (χ0v) is 12.3. The fourth-order valence-corrected chi connectivity index (χ4v) is 2.42. The van der Waals surface area contributed by atoms with Crippen molar-refractivity contribution < 1.29 is 5.11 Å². The van der Waals surface area contributed by atoms with Gasteiger partial charge in [-0.15, -0.1) is 11.6 Å². The Morgan fingerprint density at radius 3 is 2.76 bits per heavy atom. The van der Waals surface area contributed by atoms with Gasteiger partial charge in [-0.25, -0.2) is 0 Å². The zero-order valence-electron chi connectivity index (χ0n) is 11.5. The first kappa shape index (κ1) is 14.0. The van der Waals surface area contributed by atoms with Gasteiger partial charge in [-0.2, -0.15) is 0 Å². The monoisotopic (exact) mass is 300 g/mol. The number of hydrogen-bond donors (Lipinski definition) is 3. The number of H-pyrrole nitrogens is 1. The number of aromatic amines is 1. The van der Waals surface area contributed by atoms with E-state index in [9.17, 15) is 5.11 Å². The molecule has 108 valence electrons. The molecule has 2 aromatic carbocycles. The topological polar surface area (TPSA) is 48.0 Å². The van der Waals surface area contributed by atoms with Crippen LogP contribution in [0.25, 0.3) is 22.2 Å². The van der Waals surface area contributed by atoms with Gasteiger partial charge in [-0.05, 0) is 29.8 Å². The van der Waals surface area contributed by atoms with E-state index in [-0.39, 0.29) is 5.88 Å². The highest BCUT2D eigenvalue weighted by molar-refractivity contribution is 6.18. The second kappa shape index (κ2) is 6.20. The molecular weight excluding hydrogens is 284 g/mol. The molecule has 21 heavy (non-hydrogen) atoms. The number of hydrogen-bond acceptors (Lipinski definition) is 2. The Morgan fingerprint density at radius 1 is 1.10 bits per heavy atom. The molecule has 1 unspecified atom stereocenters. The van der Waals surface area contributed by atoms with Gasteiger partial charge in [-0.3, -0.25) is 0 Å². The van der Waals surface area contributed by atoms with E-state index in [0.717, 1.165) is 22.5 Å². The minimum Gasteiger partial charge on any atom is -0.390 e. The SMILES string of the molecule is OC(CCl)CNc1cccc(-c2cc3ccccc3[nH]2)c1. The van der Waals surface area contributed by atoms with Crippen LogP contribution < -0.4 is 5.32 Å². The minimum absolute atomic E-state index is 0.231. The van der Waals surface area contributed by atoms with Crippen molar-refractivity contribution in [2.75, 3.05) is 17.7 Å². The molecule has 0 saturated heterocycles. The molecule has 3 rings (SSSR count). The predicted molar refractivity (Wildman–Crippen MR) is 89.0 cm³/mol. The van der Waals surface area contributed by atoms with E-state index < -0.39 is 6.10 Å². The van der Waals surface area contributed by atoms with Crippen LogP contribution in [0.3, 0.4) is 0 Å². The third kappa shape index (κ3) is 3.20. The molecule has 4 heteroatoms. The van der Waals surface area contributed by atoms with Crippen LogP contribution in [0.15, 0.2) is 54.6 Å². The standard InChI is InChI=1S/C17H17ClN2O/c18-10-15(21)11-19-14-6-3-5-12(8-14)17-9-13-4-1-2-7-16(13)20-17/h1-9,15,19-21H,10-11H2. The van der Waals surface area contributed by atoms with Gasteiger partial charge in [0.1, 0.15) is 0 Å². The summed E-state index contributed by atoms with van der Waals surface area (Å²) < 4.78 is 0. The molecule has 0 amide bonds. The third-order valence-corrected chi connectivity index (χ3v) is 3.78. The summed E-state index contributed by atoms with van der Waals surface area (Å²) >= 11 is 5.60. The Bertz CT molecular complexity index is 705. The lowest BCUT2D eigenvalue weighted by atomic mass is 10.1. The molecule has 3 N–H and O–H groups in total. The van der Waals surface area contributed by atoms with Crippen molar-refractivity contribution in [2.45, 2.75) is 6.10 Å². The zero-order chi connectivity index (χ0) is 14.7. The highest BCUT2D eigenvalue weighted by atomic mass is 35.5. The van der Waals surface area contributed by atoms with Crippen molar-refractivity contribution >= 4 is 28.2 Å². The number of aliphatic hydroxyl groups is 1. The maximum atomic E-state index is 9.50. The van der Waals surface area contributed by atoms with Crippen molar-refractivity contribution in [2.24, 2.45) is 0 Å². The molecule has 1 atom stereocenters. The lowest BCUT2D eigenvalue weighted by molar-refractivity contribution is 0.211. The van der Waals surface area contributed by atoms with Gasteiger partial charge in [0.25, 0.3) is 0 Å². The summed E-state index contributed by atoms with van der Waals surface area (Å²) in [5, 5.41) is 13.9. The van der Waals surface area contributed by atoms with Crippen LogP contribution in [0.1, 0.15) is 0 Å². The molecule has 1 aromatic heterocycles. The average molecular weight is 301 g/mol. The first-order valence-corrected chi connectivity index (χ1v) is 7.46. The maximum absolute atomic E-state index is 9.50. The summed E-state index contributed by atoms with van der Waals surface area (Å²) in [4.78, 5) is 3.42. The second-order valence-corrected chi connectivity index (χ2v) is 5.35. The Balaban J connectivity index is 1.85. The molecule has 3 aromatic rings. The van der Waals surface area contributed by atoms with Crippen LogP contribution in [0.2, 0.25) is 0 Å². The number of anilines is 1. The largest absolute Gasteiger partial charge is 0.390 e. The molecule has 0 aliphatic heterocycles. The molecule has 1 heterocycles. The van der Waals surface area contributed by atoms with E-state index in [4.69, 9.17) is 11.6 Å². The summed E-state index contributed by atoms with van der Waals surface area (Å²) in [6.45, 7) is 0.444. The normalized spacial score (nSPS) is 12.5. The van der Waals surface area contributed by atoms with Crippen molar-refractivity contribution in [3.8, 4) is 11.3 Å². The van der Waals surface area contributed by atoms with Gasteiger partial charge < -0.3 is 15.4 Å². The first-order valence-electron chi connectivity index (χ1n) is 6.92. The number of nitrogens with one attached hydrogen (secondary N) is 2. The minimum atomic E-state index is -0.539. The number of rotatable bonds is 5. The van der Waals surface area contributed by atoms with E-state index in [1.54, 1.807) is 0 Å². The van der Waals surface area contributed by atoms with Crippen molar-refractivity contribution in [1.29, 1.82) is 0 Å². The number of fused-ring (bicyclic) bond motifs is 1. The fraction of sp³-hybridized carbons (Fsp3) is 0.176. The van der Waals surface area contributed by atoms with Crippen LogP contribution in [0, 0.1) is 0 Å². The highest BCUT2D eigenvalue weighted by Gasteiger charge is 2.05. The number of alkyl halides is 1. The van der Waals surface area contributed by atoms with E-state index in [2.05, 4.69) is 40.6 Å². The van der Waals surface area contributed by atoms with Crippen LogP contribution in [-0.2, 0) is 0 Å². The molecule has 0 radical (unpaired) electrons. The molecule has 0 saturated carbocycles. The molecule has 0 spiro atoms. The van der Waals surface area contributed by atoms with Crippen molar-refractivity contribution in [3.63, 3.8) is 0 Å². The maximum Gasteiger partial charge on any atom is 0.0847 e. The lowest BCUT2D eigenvalue weighted by Crippen LogP contribution is -2.20. The van der Waals surface area contributed by atoms with Gasteiger partial charge >= 0.3 is 0 Å². The van der Waals surface area contributed by atoms with Crippen LogP contribution in [-0.4, -0.2) is 28.6 Å². The van der Waals surface area contributed by atoms with Gasteiger partial charge in [-0.1, -0.05) is 30.3 Å². The van der Waals surface area contributed by atoms with E-state index in [0.29, 0.717) is 6.54 Å². The van der Waals surface area contributed by atoms with Crippen LogP contribution in [0.4, 0.5) is 5.69 Å². The Kier molecular flexibility index (Phi) is 4.13. The van der Waals surface area contributed by atoms with Crippen LogP contribution in [0.5, 0.6) is 0 Å². The summed E-state index contributed by atoms with van der Waals surface area (Å²) in [5.41, 5.74) is 4.29. The fourth-order valence-electron chi connectivity index (χ4n) is 2.32. The molecule has 3 nitrogen and oxygen atoms in total.